The van der Waals surface area contributed by atoms with E-state index in [1.54, 1.807) is 0 Å². The van der Waals surface area contributed by atoms with Crippen molar-refractivity contribution in [2.45, 2.75) is 75.0 Å². The summed E-state index contributed by atoms with van der Waals surface area (Å²) in [7, 11) is 0. The van der Waals surface area contributed by atoms with Gasteiger partial charge in [0, 0.05) is 24.0 Å². The van der Waals surface area contributed by atoms with Gasteiger partial charge < -0.3 is 4.74 Å². The second kappa shape index (κ2) is 8.74. The summed E-state index contributed by atoms with van der Waals surface area (Å²) in [6.45, 7) is 1.76. The number of ether oxygens (including phenoxy) is 1. The minimum Gasteiger partial charge on any atom is -0.381 e. The van der Waals surface area contributed by atoms with Crippen LogP contribution in [0, 0.1) is 11.8 Å². The zero-order valence-electron chi connectivity index (χ0n) is 12.0. The largest absolute Gasteiger partial charge is 0.381 e. The summed E-state index contributed by atoms with van der Waals surface area (Å²) >= 11 is 12.7. The molecule has 0 aliphatic heterocycles. The molecular formula is C16H28Cl2O. The topological polar surface area (TPSA) is 9.23 Å². The molecule has 0 aromatic rings. The van der Waals surface area contributed by atoms with E-state index in [-0.39, 0.29) is 0 Å². The smallest absolute Gasteiger partial charge is 0.0469 e. The molecule has 3 heteroatoms. The average Bonchev–Trinajstić information content (AvgIpc) is 2.42. The Kier molecular flexibility index (Phi) is 7.33. The van der Waals surface area contributed by atoms with E-state index >= 15 is 0 Å². The van der Waals surface area contributed by atoms with Gasteiger partial charge in [-0.05, 0) is 50.4 Å². The summed E-state index contributed by atoms with van der Waals surface area (Å²) < 4.78 is 5.82. The quantitative estimate of drug-likeness (QED) is 0.473. The Morgan fingerprint density at radius 2 is 1.11 bits per heavy atom. The van der Waals surface area contributed by atoms with Gasteiger partial charge in [-0.3, -0.25) is 0 Å². The highest BCUT2D eigenvalue weighted by molar-refractivity contribution is 6.21. The van der Waals surface area contributed by atoms with Crippen LogP contribution < -0.4 is 0 Å². The Morgan fingerprint density at radius 3 is 1.53 bits per heavy atom. The van der Waals surface area contributed by atoms with Crippen molar-refractivity contribution in [2.24, 2.45) is 11.8 Å². The molecule has 4 atom stereocenters. The predicted molar refractivity (Wildman–Crippen MR) is 83.3 cm³/mol. The molecule has 2 saturated carbocycles. The Morgan fingerprint density at radius 1 is 0.684 bits per heavy atom. The monoisotopic (exact) mass is 306 g/mol. The predicted octanol–water partition coefficient (Wildman–Crippen LogP) is 5.38. The van der Waals surface area contributed by atoms with E-state index in [1.165, 1.54) is 51.4 Å². The van der Waals surface area contributed by atoms with Crippen molar-refractivity contribution >= 4 is 23.2 Å². The second-order valence-corrected chi connectivity index (χ2v) is 7.43. The molecule has 112 valence electrons. The first-order valence-corrected chi connectivity index (χ1v) is 9.00. The number of alkyl halides is 2. The van der Waals surface area contributed by atoms with E-state index in [2.05, 4.69) is 0 Å². The number of rotatable bonds is 6. The van der Waals surface area contributed by atoms with Crippen LogP contribution in [0.15, 0.2) is 0 Å². The molecule has 0 heterocycles. The van der Waals surface area contributed by atoms with Crippen molar-refractivity contribution < 1.29 is 4.74 Å². The van der Waals surface area contributed by atoms with Gasteiger partial charge in [0.15, 0.2) is 0 Å². The molecule has 0 N–H and O–H groups in total. The van der Waals surface area contributed by atoms with Crippen molar-refractivity contribution in [3.05, 3.63) is 0 Å². The fourth-order valence-electron chi connectivity index (χ4n) is 3.55. The summed E-state index contributed by atoms with van der Waals surface area (Å²) in [5.74, 6) is 1.37. The fourth-order valence-corrected chi connectivity index (χ4v) is 4.36. The number of halogens is 2. The lowest BCUT2D eigenvalue weighted by Crippen LogP contribution is -2.23. The molecule has 1 nitrogen and oxygen atoms in total. The summed E-state index contributed by atoms with van der Waals surface area (Å²) in [6, 6.07) is 0. The molecule has 4 unspecified atom stereocenters. The molecule has 2 rings (SSSR count). The molecule has 0 saturated heterocycles. The van der Waals surface area contributed by atoms with Crippen LogP contribution in [0.25, 0.3) is 0 Å². The van der Waals surface area contributed by atoms with Gasteiger partial charge in [0.2, 0.25) is 0 Å². The molecule has 0 aromatic heterocycles. The Balaban J connectivity index is 1.51. The van der Waals surface area contributed by atoms with Crippen LogP contribution in [-0.4, -0.2) is 24.0 Å². The molecular weight excluding hydrogens is 279 g/mol. The van der Waals surface area contributed by atoms with Gasteiger partial charge >= 0.3 is 0 Å². The molecule has 2 aliphatic rings. The van der Waals surface area contributed by atoms with Crippen LogP contribution in [0.1, 0.15) is 64.2 Å². The average molecular weight is 307 g/mol. The summed E-state index contributed by atoms with van der Waals surface area (Å²) in [6.07, 6.45) is 12.6. The maximum absolute atomic E-state index is 6.36. The van der Waals surface area contributed by atoms with E-state index in [4.69, 9.17) is 27.9 Å². The Labute approximate surface area is 128 Å². The third kappa shape index (κ3) is 5.44. The van der Waals surface area contributed by atoms with Crippen molar-refractivity contribution in [3.8, 4) is 0 Å². The van der Waals surface area contributed by atoms with Gasteiger partial charge in [-0.25, -0.2) is 0 Å². The first-order valence-electron chi connectivity index (χ1n) is 8.13. The van der Waals surface area contributed by atoms with E-state index < -0.39 is 0 Å². The van der Waals surface area contributed by atoms with E-state index in [0.29, 0.717) is 22.6 Å². The van der Waals surface area contributed by atoms with Crippen molar-refractivity contribution in [1.82, 2.24) is 0 Å². The summed E-state index contributed by atoms with van der Waals surface area (Å²) in [5.41, 5.74) is 0. The summed E-state index contributed by atoms with van der Waals surface area (Å²) in [4.78, 5) is 0. The third-order valence-electron chi connectivity index (χ3n) is 4.90. The maximum atomic E-state index is 6.36. The van der Waals surface area contributed by atoms with Crippen LogP contribution in [0.5, 0.6) is 0 Å². The Hall–Kier alpha value is 0.540. The Bertz CT molecular complexity index is 223. The SMILES string of the molecule is ClC1CCCCC1CCOCCC1CCCCC1Cl. The molecule has 0 aromatic carbocycles. The molecule has 19 heavy (non-hydrogen) atoms. The lowest BCUT2D eigenvalue weighted by Gasteiger charge is -2.28. The summed E-state index contributed by atoms with van der Waals surface area (Å²) in [5, 5.41) is 0.783. The second-order valence-electron chi connectivity index (χ2n) is 6.31. The lowest BCUT2D eigenvalue weighted by atomic mass is 9.86. The van der Waals surface area contributed by atoms with Crippen LogP contribution in [-0.2, 0) is 4.74 Å². The number of hydrogen-bond acceptors (Lipinski definition) is 1. The van der Waals surface area contributed by atoms with Gasteiger partial charge in [-0.2, -0.15) is 0 Å². The molecule has 0 bridgehead atoms. The normalized spacial score (nSPS) is 36.3. The van der Waals surface area contributed by atoms with E-state index in [9.17, 15) is 0 Å². The van der Waals surface area contributed by atoms with Gasteiger partial charge in [-0.15, -0.1) is 23.2 Å². The van der Waals surface area contributed by atoms with E-state index in [0.717, 1.165) is 26.1 Å². The molecule has 2 aliphatic carbocycles. The fraction of sp³-hybridized carbons (Fsp3) is 1.00. The zero-order valence-corrected chi connectivity index (χ0v) is 13.5. The maximum Gasteiger partial charge on any atom is 0.0469 e. The van der Waals surface area contributed by atoms with Crippen molar-refractivity contribution in [1.29, 1.82) is 0 Å². The highest BCUT2D eigenvalue weighted by atomic mass is 35.5. The van der Waals surface area contributed by atoms with E-state index in [1.807, 2.05) is 0 Å². The van der Waals surface area contributed by atoms with Crippen LogP contribution in [0.3, 0.4) is 0 Å². The molecule has 0 radical (unpaired) electrons. The molecule has 0 amide bonds. The first-order chi connectivity index (χ1) is 9.27. The minimum atomic E-state index is 0.392. The van der Waals surface area contributed by atoms with Gasteiger partial charge in [0.05, 0.1) is 0 Å². The van der Waals surface area contributed by atoms with Crippen LogP contribution in [0.4, 0.5) is 0 Å². The van der Waals surface area contributed by atoms with Crippen LogP contribution >= 0.6 is 23.2 Å². The highest BCUT2D eigenvalue weighted by Crippen LogP contribution is 2.32. The van der Waals surface area contributed by atoms with Crippen molar-refractivity contribution in [3.63, 3.8) is 0 Å². The van der Waals surface area contributed by atoms with Crippen LogP contribution in [0.2, 0.25) is 0 Å². The van der Waals surface area contributed by atoms with Gasteiger partial charge in [0.25, 0.3) is 0 Å². The third-order valence-corrected chi connectivity index (χ3v) is 6.05. The minimum absolute atomic E-state index is 0.392. The van der Waals surface area contributed by atoms with Gasteiger partial charge in [-0.1, -0.05) is 25.7 Å². The van der Waals surface area contributed by atoms with Gasteiger partial charge in [0.1, 0.15) is 0 Å². The highest BCUT2D eigenvalue weighted by Gasteiger charge is 2.24. The molecule has 0 spiro atoms. The lowest BCUT2D eigenvalue weighted by molar-refractivity contribution is 0.0984. The first kappa shape index (κ1) is 15.9. The zero-order chi connectivity index (χ0) is 13.5. The standard InChI is InChI=1S/C16H28Cl2O/c17-15-7-3-1-5-13(15)9-11-19-12-10-14-6-2-4-8-16(14)18/h13-16H,1-12H2. The molecule has 2 fully saturated rings. The number of hydrogen-bond donors (Lipinski definition) is 0. The van der Waals surface area contributed by atoms with Crippen molar-refractivity contribution in [2.75, 3.05) is 13.2 Å².